The van der Waals surface area contributed by atoms with Crippen LogP contribution in [-0.4, -0.2) is 17.0 Å². The molecule has 2 nitrogen and oxygen atoms in total. The Labute approximate surface area is 54.9 Å². The lowest BCUT2D eigenvalue weighted by atomic mass is 9.87. The third-order valence-corrected chi connectivity index (χ3v) is 1.93. The number of hydrogen-bond acceptors (Lipinski definition) is 2. The maximum atomic E-state index is 10.9. The number of aliphatic hydroxyl groups is 1. The zero-order valence-electron chi connectivity index (χ0n) is 5.63. The van der Waals surface area contributed by atoms with Crippen molar-refractivity contribution >= 4 is 5.78 Å². The summed E-state index contributed by atoms with van der Waals surface area (Å²) in [4.78, 5) is 10.9. The van der Waals surface area contributed by atoms with E-state index in [9.17, 15) is 4.79 Å². The van der Waals surface area contributed by atoms with E-state index < -0.39 is 6.10 Å². The van der Waals surface area contributed by atoms with Crippen molar-refractivity contribution < 1.29 is 9.90 Å². The molecule has 0 heterocycles. The van der Waals surface area contributed by atoms with Crippen LogP contribution in [0.5, 0.6) is 0 Å². The fraction of sp³-hybridized carbons (Fsp3) is 0.857. The average molecular weight is 128 g/mol. The molecule has 1 aliphatic carbocycles. The quantitative estimate of drug-likeness (QED) is 0.522. The summed E-state index contributed by atoms with van der Waals surface area (Å²) in [5.41, 5.74) is 0. The van der Waals surface area contributed by atoms with Crippen molar-refractivity contribution in [2.24, 2.45) is 5.92 Å². The van der Waals surface area contributed by atoms with Gasteiger partial charge in [0.15, 0.2) is 5.78 Å². The van der Waals surface area contributed by atoms with Gasteiger partial charge in [0, 0.05) is 5.92 Å². The molecule has 0 aliphatic heterocycles. The van der Waals surface area contributed by atoms with Gasteiger partial charge in [0.2, 0.25) is 0 Å². The lowest BCUT2D eigenvalue weighted by Gasteiger charge is -2.20. The molecule has 1 N–H and O–H groups in total. The normalized spacial score (nSPS) is 36.9. The molecule has 0 aromatic carbocycles. The monoisotopic (exact) mass is 128 g/mol. The van der Waals surface area contributed by atoms with Gasteiger partial charge in [-0.25, -0.2) is 0 Å². The summed E-state index contributed by atoms with van der Waals surface area (Å²) < 4.78 is 0. The maximum Gasteiger partial charge on any atom is 0.164 e. The van der Waals surface area contributed by atoms with Gasteiger partial charge >= 0.3 is 0 Å². The van der Waals surface area contributed by atoms with Crippen LogP contribution in [0.3, 0.4) is 0 Å². The number of rotatable bonds is 0. The highest BCUT2D eigenvalue weighted by Crippen LogP contribution is 2.19. The number of carbonyl (C=O) groups is 1. The molecule has 1 rings (SSSR count). The Morgan fingerprint density at radius 1 is 1.56 bits per heavy atom. The van der Waals surface area contributed by atoms with Crippen LogP contribution in [0.2, 0.25) is 0 Å². The van der Waals surface area contributed by atoms with Crippen molar-refractivity contribution in [1.82, 2.24) is 0 Å². The van der Waals surface area contributed by atoms with Gasteiger partial charge < -0.3 is 5.11 Å². The number of ketones is 1. The van der Waals surface area contributed by atoms with Crippen molar-refractivity contribution in [3.63, 3.8) is 0 Å². The molecule has 0 bridgehead atoms. The fourth-order valence-corrected chi connectivity index (χ4v) is 1.23. The summed E-state index contributed by atoms with van der Waals surface area (Å²) in [6.07, 6.45) is 1.96. The topological polar surface area (TPSA) is 37.3 Å². The standard InChI is InChI=1S/C7H12O2/c1-5-3-2-4-6(8)7(5)9/h5-6,8H,2-4H2,1H3. The first-order valence-corrected chi connectivity index (χ1v) is 3.43. The number of Topliss-reactive ketones (excluding diaryl/α,β-unsaturated/α-hetero) is 1. The fourth-order valence-electron chi connectivity index (χ4n) is 1.23. The van der Waals surface area contributed by atoms with E-state index >= 15 is 0 Å². The highest BCUT2D eigenvalue weighted by molar-refractivity contribution is 5.85. The van der Waals surface area contributed by atoms with E-state index in [0.29, 0.717) is 6.42 Å². The molecule has 2 heteroatoms. The first kappa shape index (κ1) is 6.75. The molecule has 52 valence electrons. The van der Waals surface area contributed by atoms with E-state index in [1.165, 1.54) is 0 Å². The summed E-state index contributed by atoms with van der Waals surface area (Å²) in [7, 11) is 0. The molecule has 2 atom stereocenters. The van der Waals surface area contributed by atoms with Crippen molar-refractivity contribution in [3.05, 3.63) is 0 Å². The highest BCUT2D eigenvalue weighted by atomic mass is 16.3. The predicted molar refractivity (Wildman–Crippen MR) is 34.0 cm³/mol. The van der Waals surface area contributed by atoms with Crippen LogP contribution >= 0.6 is 0 Å². The Balaban J connectivity index is 2.52. The van der Waals surface area contributed by atoms with Crippen LogP contribution in [0, 0.1) is 5.92 Å². The van der Waals surface area contributed by atoms with Crippen LogP contribution in [0.1, 0.15) is 26.2 Å². The Morgan fingerprint density at radius 3 is 2.67 bits per heavy atom. The molecule has 0 spiro atoms. The van der Waals surface area contributed by atoms with Crippen molar-refractivity contribution in [2.45, 2.75) is 32.3 Å². The van der Waals surface area contributed by atoms with Crippen molar-refractivity contribution in [3.8, 4) is 0 Å². The molecule has 0 saturated heterocycles. The van der Waals surface area contributed by atoms with Gasteiger partial charge in [-0.05, 0) is 19.3 Å². The predicted octanol–water partition coefficient (Wildman–Crippen LogP) is 0.736. The van der Waals surface area contributed by atoms with Gasteiger partial charge in [-0.2, -0.15) is 0 Å². The minimum absolute atomic E-state index is 0.0289. The van der Waals surface area contributed by atoms with E-state index in [0.717, 1.165) is 12.8 Å². The molecule has 9 heavy (non-hydrogen) atoms. The third kappa shape index (κ3) is 1.30. The van der Waals surface area contributed by atoms with Gasteiger partial charge in [0.25, 0.3) is 0 Å². The summed E-state index contributed by atoms with van der Waals surface area (Å²) in [6.45, 7) is 1.88. The molecule has 2 unspecified atom stereocenters. The lowest BCUT2D eigenvalue weighted by molar-refractivity contribution is -0.133. The minimum Gasteiger partial charge on any atom is -0.385 e. The van der Waals surface area contributed by atoms with Gasteiger partial charge in [0.05, 0.1) is 0 Å². The molecule has 0 aromatic heterocycles. The second-order valence-electron chi connectivity index (χ2n) is 2.75. The molecule has 1 aliphatic rings. The molecule has 0 amide bonds. The number of hydrogen-bond donors (Lipinski definition) is 1. The second-order valence-corrected chi connectivity index (χ2v) is 2.75. The molecule has 0 aromatic rings. The second kappa shape index (κ2) is 2.48. The zero-order valence-corrected chi connectivity index (χ0v) is 5.63. The van der Waals surface area contributed by atoms with Crippen molar-refractivity contribution in [1.29, 1.82) is 0 Å². The summed E-state index contributed by atoms with van der Waals surface area (Å²) in [5.74, 6) is 0.120. The SMILES string of the molecule is CC1CCCC(O)C1=O. The first-order valence-electron chi connectivity index (χ1n) is 3.43. The molecule has 1 fully saturated rings. The molecule has 1 saturated carbocycles. The Bertz CT molecular complexity index is 108. The third-order valence-electron chi connectivity index (χ3n) is 1.93. The Morgan fingerprint density at radius 2 is 2.22 bits per heavy atom. The van der Waals surface area contributed by atoms with Gasteiger partial charge in [-0.3, -0.25) is 4.79 Å². The number of aliphatic hydroxyl groups excluding tert-OH is 1. The van der Waals surface area contributed by atoms with Crippen LogP contribution in [0.15, 0.2) is 0 Å². The summed E-state index contributed by atoms with van der Waals surface area (Å²) >= 11 is 0. The molecular weight excluding hydrogens is 116 g/mol. The smallest absolute Gasteiger partial charge is 0.164 e. The average Bonchev–Trinajstić information content (AvgIpc) is 1.83. The highest BCUT2D eigenvalue weighted by Gasteiger charge is 2.25. The van der Waals surface area contributed by atoms with Crippen LogP contribution in [0.4, 0.5) is 0 Å². The van der Waals surface area contributed by atoms with Crippen LogP contribution in [-0.2, 0) is 4.79 Å². The van der Waals surface area contributed by atoms with E-state index in [4.69, 9.17) is 5.11 Å². The summed E-state index contributed by atoms with van der Waals surface area (Å²) in [5, 5.41) is 9.00. The van der Waals surface area contributed by atoms with Crippen molar-refractivity contribution in [2.75, 3.05) is 0 Å². The van der Waals surface area contributed by atoms with Crippen LogP contribution in [0.25, 0.3) is 0 Å². The van der Waals surface area contributed by atoms with Crippen LogP contribution < -0.4 is 0 Å². The minimum atomic E-state index is -0.659. The van der Waals surface area contributed by atoms with E-state index in [1.54, 1.807) is 0 Å². The zero-order chi connectivity index (χ0) is 6.85. The van der Waals surface area contributed by atoms with E-state index in [2.05, 4.69) is 0 Å². The molecule has 0 radical (unpaired) electrons. The largest absolute Gasteiger partial charge is 0.385 e. The van der Waals surface area contributed by atoms with Gasteiger partial charge in [-0.15, -0.1) is 0 Å². The van der Waals surface area contributed by atoms with Gasteiger partial charge in [0.1, 0.15) is 6.10 Å². The molecular formula is C7H12O2. The Kier molecular flexibility index (Phi) is 1.86. The summed E-state index contributed by atoms with van der Waals surface area (Å²) in [6, 6.07) is 0. The van der Waals surface area contributed by atoms with Gasteiger partial charge in [-0.1, -0.05) is 6.92 Å². The lowest BCUT2D eigenvalue weighted by Crippen LogP contribution is -2.30. The Hall–Kier alpha value is -0.370. The van der Waals surface area contributed by atoms with E-state index in [1.807, 2.05) is 6.92 Å². The number of carbonyl (C=O) groups excluding carboxylic acids is 1. The first-order chi connectivity index (χ1) is 4.22. The van der Waals surface area contributed by atoms with E-state index in [-0.39, 0.29) is 11.7 Å². The maximum absolute atomic E-state index is 10.9.